The molecule has 1 aromatic rings. The standard InChI is InChI=1S/C6H6O2S/c1-9-6-4-2-3-5(7)8-6/h2-4H,1H3. The molecule has 0 fully saturated rings. The summed E-state index contributed by atoms with van der Waals surface area (Å²) in [6.45, 7) is 0. The first-order chi connectivity index (χ1) is 4.33. The second kappa shape index (κ2) is 2.73. The highest BCUT2D eigenvalue weighted by Crippen LogP contribution is 2.09. The third kappa shape index (κ3) is 1.61. The van der Waals surface area contributed by atoms with E-state index in [1.54, 1.807) is 12.1 Å². The maximum absolute atomic E-state index is 10.5. The first-order valence-corrected chi connectivity index (χ1v) is 3.69. The van der Waals surface area contributed by atoms with Crippen LogP contribution in [0.25, 0.3) is 0 Å². The molecule has 48 valence electrons. The average molecular weight is 142 g/mol. The normalized spacial score (nSPS) is 9.44. The van der Waals surface area contributed by atoms with Gasteiger partial charge in [-0.1, -0.05) is 17.8 Å². The minimum Gasteiger partial charge on any atom is -0.416 e. The van der Waals surface area contributed by atoms with Crippen LogP contribution in [0.3, 0.4) is 0 Å². The minimum absolute atomic E-state index is 0.290. The Kier molecular flexibility index (Phi) is 1.95. The van der Waals surface area contributed by atoms with E-state index in [9.17, 15) is 4.79 Å². The van der Waals surface area contributed by atoms with Crippen LogP contribution < -0.4 is 5.63 Å². The fourth-order valence-corrected chi connectivity index (χ4v) is 0.862. The summed E-state index contributed by atoms with van der Waals surface area (Å²) in [6, 6.07) is 4.82. The monoisotopic (exact) mass is 142 g/mol. The van der Waals surface area contributed by atoms with Gasteiger partial charge in [0.25, 0.3) is 0 Å². The zero-order valence-electron chi connectivity index (χ0n) is 4.96. The molecule has 0 radical (unpaired) electrons. The van der Waals surface area contributed by atoms with Crippen LogP contribution in [0.1, 0.15) is 0 Å². The molecular weight excluding hydrogens is 136 g/mol. The van der Waals surface area contributed by atoms with Crippen LogP contribution >= 0.6 is 11.8 Å². The maximum atomic E-state index is 10.5. The van der Waals surface area contributed by atoms with Crippen molar-refractivity contribution in [2.45, 2.75) is 5.09 Å². The summed E-state index contributed by atoms with van der Waals surface area (Å²) in [5, 5.41) is 0.655. The van der Waals surface area contributed by atoms with Crippen molar-refractivity contribution < 1.29 is 4.42 Å². The first kappa shape index (κ1) is 6.42. The van der Waals surface area contributed by atoms with Crippen molar-refractivity contribution >= 4 is 11.8 Å². The lowest BCUT2D eigenvalue weighted by molar-refractivity contribution is 0.422. The van der Waals surface area contributed by atoms with Crippen molar-refractivity contribution in [3.05, 3.63) is 28.6 Å². The lowest BCUT2D eigenvalue weighted by atomic mass is 10.5. The molecule has 0 aliphatic carbocycles. The Balaban J connectivity index is 3.08. The van der Waals surface area contributed by atoms with E-state index < -0.39 is 0 Å². The molecule has 0 aromatic carbocycles. The smallest absolute Gasteiger partial charge is 0.336 e. The van der Waals surface area contributed by atoms with Gasteiger partial charge in [-0.25, -0.2) is 4.79 Å². The average Bonchev–Trinajstić information content (AvgIpc) is 1.88. The van der Waals surface area contributed by atoms with Gasteiger partial charge in [0, 0.05) is 6.07 Å². The molecule has 0 atom stereocenters. The summed E-state index contributed by atoms with van der Waals surface area (Å²) in [4.78, 5) is 10.5. The molecule has 0 saturated carbocycles. The summed E-state index contributed by atoms with van der Waals surface area (Å²) < 4.78 is 4.73. The molecule has 0 aliphatic heterocycles. The highest BCUT2D eigenvalue weighted by Gasteiger charge is 1.89. The van der Waals surface area contributed by atoms with Gasteiger partial charge in [0.15, 0.2) is 5.09 Å². The van der Waals surface area contributed by atoms with Crippen molar-refractivity contribution in [1.29, 1.82) is 0 Å². The predicted octanol–water partition coefficient (Wildman–Crippen LogP) is 1.36. The molecule has 0 saturated heterocycles. The SMILES string of the molecule is CSc1cccc(=O)o1. The molecule has 0 spiro atoms. The van der Waals surface area contributed by atoms with Crippen LogP contribution in [0.4, 0.5) is 0 Å². The molecule has 1 rings (SSSR count). The number of thioether (sulfide) groups is 1. The Labute approximate surface area is 56.9 Å². The molecule has 9 heavy (non-hydrogen) atoms. The summed E-state index contributed by atoms with van der Waals surface area (Å²) in [7, 11) is 0. The molecule has 0 unspecified atom stereocenters. The van der Waals surface area contributed by atoms with Crippen LogP contribution in [-0.4, -0.2) is 6.26 Å². The highest BCUT2D eigenvalue weighted by atomic mass is 32.2. The molecule has 3 heteroatoms. The van der Waals surface area contributed by atoms with Crippen LogP contribution in [0.5, 0.6) is 0 Å². The molecule has 0 N–H and O–H groups in total. The van der Waals surface area contributed by atoms with Crippen LogP contribution in [0, 0.1) is 0 Å². The van der Waals surface area contributed by atoms with Gasteiger partial charge in [-0.05, 0) is 12.3 Å². The zero-order chi connectivity index (χ0) is 6.69. The second-order valence-corrected chi connectivity index (χ2v) is 2.28. The zero-order valence-corrected chi connectivity index (χ0v) is 5.77. The van der Waals surface area contributed by atoms with Crippen molar-refractivity contribution in [3.63, 3.8) is 0 Å². The summed E-state index contributed by atoms with van der Waals surface area (Å²) in [6.07, 6.45) is 1.86. The van der Waals surface area contributed by atoms with Gasteiger partial charge < -0.3 is 4.42 Å². The van der Waals surface area contributed by atoms with E-state index in [4.69, 9.17) is 4.42 Å². The van der Waals surface area contributed by atoms with E-state index >= 15 is 0 Å². The van der Waals surface area contributed by atoms with Crippen molar-refractivity contribution in [2.75, 3.05) is 6.26 Å². The van der Waals surface area contributed by atoms with Gasteiger partial charge in [0.1, 0.15) is 0 Å². The quantitative estimate of drug-likeness (QED) is 0.554. The number of hydrogen-bond acceptors (Lipinski definition) is 3. The topological polar surface area (TPSA) is 30.2 Å². The molecule has 1 heterocycles. The van der Waals surface area contributed by atoms with Gasteiger partial charge in [0.05, 0.1) is 0 Å². The Bertz CT molecular complexity index is 241. The molecule has 0 aliphatic rings. The summed E-state index contributed by atoms with van der Waals surface area (Å²) >= 11 is 1.42. The minimum atomic E-state index is -0.290. The Hall–Kier alpha value is -0.700. The molecule has 1 aromatic heterocycles. The van der Waals surface area contributed by atoms with Crippen LogP contribution in [0.15, 0.2) is 32.5 Å². The van der Waals surface area contributed by atoms with E-state index in [1.807, 2.05) is 6.26 Å². The van der Waals surface area contributed by atoms with Gasteiger partial charge in [-0.15, -0.1) is 0 Å². The van der Waals surface area contributed by atoms with E-state index in [0.717, 1.165) is 0 Å². The van der Waals surface area contributed by atoms with Gasteiger partial charge in [0.2, 0.25) is 0 Å². The second-order valence-electron chi connectivity index (χ2n) is 1.47. The fourth-order valence-electron chi connectivity index (χ4n) is 0.482. The third-order valence-electron chi connectivity index (χ3n) is 0.867. The number of hydrogen-bond donors (Lipinski definition) is 0. The van der Waals surface area contributed by atoms with E-state index in [1.165, 1.54) is 17.8 Å². The van der Waals surface area contributed by atoms with Gasteiger partial charge in [-0.3, -0.25) is 0 Å². The maximum Gasteiger partial charge on any atom is 0.336 e. The van der Waals surface area contributed by atoms with E-state index in [0.29, 0.717) is 5.09 Å². The van der Waals surface area contributed by atoms with E-state index in [-0.39, 0.29) is 5.63 Å². The van der Waals surface area contributed by atoms with Gasteiger partial charge in [-0.2, -0.15) is 0 Å². The molecule has 0 bridgehead atoms. The highest BCUT2D eigenvalue weighted by molar-refractivity contribution is 7.98. The van der Waals surface area contributed by atoms with Crippen molar-refractivity contribution in [3.8, 4) is 0 Å². The van der Waals surface area contributed by atoms with Crippen LogP contribution in [0.2, 0.25) is 0 Å². The Morgan fingerprint density at radius 1 is 1.56 bits per heavy atom. The van der Waals surface area contributed by atoms with E-state index in [2.05, 4.69) is 0 Å². The number of rotatable bonds is 1. The molecule has 2 nitrogen and oxygen atoms in total. The Morgan fingerprint density at radius 3 is 2.78 bits per heavy atom. The third-order valence-corrected chi connectivity index (χ3v) is 1.49. The Morgan fingerprint density at radius 2 is 2.33 bits per heavy atom. The van der Waals surface area contributed by atoms with Crippen molar-refractivity contribution in [2.24, 2.45) is 0 Å². The largest absolute Gasteiger partial charge is 0.416 e. The lowest BCUT2D eigenvalue weighted by Crippen LogP contribution is -1.93. The summed E-state index contributed by atoms with van der Waals surface area (Å²) in [5.74, 6) is 0. The van der Waals surface area contributed by atoms with Crippen LogP contribution in [-0.2, 0) is 0 Å². The van der Waals surface area contributed by atoms with Gasteiger partial charge >= 0.3 is 5.63 Å². The lowest BCUT2D eigenvalue weighted by Gasteiger charge is -1.88. The predicted molar refractivity (Wildman–Crippen MR) is 36.8 cm³/mol. The molecular formula is C6H6O2S. The first-order valence-electron chi connectivity index (χ1n) is 2.47. The fraction of sp³-hybridized carbons (Fsp3) is 0.167. The molecule has 0 amide bonds. The van der Waals surface area contributed by atoms with Crippen molar-refractivity contribution in [1.82, 2.24) is 0 Å². The summed E-state index contributed by atoms with van der Waals surface area (Å²) in [5.41, 5.74) is -0.290.